The van der Waals surface area contributed by atoms with Gasteiger partial charge in [-0.15, -0.1) is 0 Å². The molecular formula is C10H16N2O. The van der Waals surface area contributed by atoms with E-state index in [1.54, 1.807) is 6.92 Å². The van der Waals surface area contributed by atoms with Crippen LogP contribution in [0.25, 0.3) is 0 Å². The minimum absolute atomic E-state index is 0.0191. The molecule has 0 heterocycles. The van der Waals surface area contributed by atoms with Crippen LogP contribution >= 0.6 is 0 Å². The Hall–Kier alpha value is -1.04. The standard InChI is InChI=1S/C10H16N2O/c1-7(6-11)5-10(13)12-9-4-3-8(9)2/h7-9H,3-5H2,1-2H3,(H,12,13). The van der Waals surface area contributed by atoms with Gasteiger partial charge in [-0.3, -0.25) is 4.79 Å². The molecule has 0 aromatic carbocycles. The number of carbonyl (C=O) groups is 1. The quantitative estimate of drug-likeness (QED) is 0.714. The summed E-state index contributed by atoms with van der Waals surface area (Å²) in [4.78, 5) is 11.3. The Morgan fingerprint density at radius 3 is 2.77 bits per heavy atom. The summed E-state index contributed by atoms with van der Waals surface area (Å²) in [6.45, 7) is 3.91. The van der Waals surface area contributed by atoms with E-state index in [0.717, 1.165) is 6.42 Å². The summed E-state index contributed by atoms with van der Waals surface area (Å²) in [5.74, 6) is 0.460. The van der Waals surface area contributed by atoms with E-state index in [-0.39, 0.29) is 11.8 Å². The molecule has 13 heavy (non-hydrogen) atoms. The average Bonchev–Trinajstić information content (AvgIpc) is 2.11. The summed E-state index contributed by atoms with van der Waals surface area (Å²) in [5.41, 5.74) is 0. The van der Waals surface area contributed by atoms with Gasteiger partial charge < -0.3 is 5.32 Å². The van der Waals surface area contributed by atoms with Crippen molar-refractivity contribution in [3.63, 3.8) is 0 Å². The van der Waals surface area contributed by atoms with Gasteiger partial charge >= 0.3 is 0 Å². The van der Waals surface area contributed by atoms with E-state index in [4.69, 9.17) is 5.26 Å². The van der Waals surface area contributed by atoms with Crippen molar-refractivity contribution in [1.29, 1.82) is 5.26 Å². The van der Waals surface area contributed by atoms with E-state index >= 15 is 0 Å². The van der Waals surface area contributed by atoms with Crippen LogP contribution in [0.2, 0.25) is 0 Å². The molecule has 72 valence electrons. The average molecular weight is 180 g/mol. The molecule has 1 aliphatic carbocycles. The lowest BCUT2D eigenvalue weighted by atomic mass is 9.81. The second-order valence-electron chi connectivity index (χ2n) is 3.96. The van der Waals surface area contributed by atoms with Gasteiger partial charge in [0.1, 0.15) is 0 Å². The van der Waals surface area contributed by atoms with Gasteiger partial charge in [0.25, 0.3) is 0 Å². The van der Waals surface area contributed by atoms with Gasteiger partial charge in [0, 0.05) is 12.5 Å². The van der Waals surface area contributed by atoms with Gasteiger partial charge in [0.2, 0.25) is 5.91 Å². The smallest absolute Gasteiger partial charge is 0.221 e. The highest BCUT2D eigenvalue weighted by molar-refractivity contribution is 5.76. The number of nitrogens with zero attached hydrogens (tertiary/aromatic N) is 1. The van der Waals surface area contributed by atoms with Crippen molar-refractivity contribution in [2.45, 2.75) is 39.2 Å². The molecule has 0 aromatic heterocycles. The zero-order valence-corrected chi connectivity index (χ0v) is 8.21. The van der Waals surface area contributed by atoms with Gasteiger partial charge in [-0.1, -0.05) is 6.92 Å². The van der Waals surface area contributed by atoms with Gasteiger partial charge in [-0.25, -0.2) is 0 Å². The van der Waals surface area contributed by atoms with Crippen molar-refractivity contribution in [2.24, 2.45) is 11.8 Å². The summed E-state index contributed by atoms with van der Waals surface area (Å²) in [5, 5.41) is 11.5. The van der Waals surface area contributed by atoms with E-state index < -0.39 is 0 Å². The molecule has 1 saturated carbocycles. The van der Waals surface area contributed by atoms with Crippen molar-refractivity contribution in [1.82, 2.24) is 5.32 Å². The minimum atomic E-state index is -0.171. The molecule has 3 atom stereocenters. The summed E-state index contributed by atoms with van der Waals surface area (Å²) in [6.07, 6.45) is 2.63. The first kappa shape index (κ1) is 10.0. The molecule has 1 rings (SSSR count). The molecule has 1 fully saturated rings. The molecule has 0 aliphatic heterocycles. The van der Waals surface area contributed by atoms with Crippen molar-refractivity contribution in [2.75, 3.05) is 0 Å². The van der Waals surface area contributed by atoms with Crippen molar-refractivity contribution < 1.29 is 4.79 Å². The molecule has 3 heteroatoms. The molecule has 0 aromatic rings. The van der Waals surface area contributed by atoms with Crippen LogP contribution < -0.4 is 5.32 Å². The monoisotopic (exact) mass is 180 g/mol. The van der Waals surface area contributed by atoms with E-state index in [2.05, 4.69) is 18.3 Å². The Morgan fingerprint density at radius 1 is 1.69 bits per heavy atom. The lowest BCUT2D eigenvalue weighted by Crippen LogP contribution is -2.45. The van der Waals surface area contributed by atoms with Crippen molar-refractivity contribution in [3.8, 4) is 6.07 Å². The summed E-state index contributed by atoms with van der Waals surface area (Å²) < 4.78 is 0. The van der Waals surface area contributed by atoms with Crippen LogP contribution in [-0.4, -0.2) is 11.9 Å². The maximum atomic E-state index is 11.3. The normalized spacial score (nSPS) is 28.4. The highest BCUT2D eigenvalue weighted by atomic mass is 16.1. The second-order valence-corrected chi connectivity index (χ2v) is 3.96. The van der Waals surface area contributed by atoms with Crippen LogP contribution in [0, 0.1) is 23.2 Å². The van der Waals surface area contributed by atoms with Crippen molar-refractivity contribution >= 4 is 5.91 Å². The van der Waals surface area contributed by atoms with Gasteiger partial charge in [-0.05, 0) is 25.7 Å². The maximum Gasteiger partial charge on any atom is 0.221 e. The van der Waals surface area contributed by atoms with E-state index in [1.165, 1.54) is 6.42 Å². The lowest BCUT2D eigenvalue weighted by Gasteiger charge is -2.34. The second kappa shape index (κ2) is 4.27. The molecule has 1 amide bonds. The third-order valence-corrected chi connectivity index (χ3v) is 2.68. The number of nitrogens with one attached hydrogen (secondary N) is 1. The fourth-order valence-electron chi connectivity index (χ4n) is 1.47. The highest BCUT2D eigenvalue weighted by Crippen LogP contribution is 2.26. The topological polar surface area (TPSA) is 52.9 Å². The van der Waals surface area contributed by atoms with Crippen molar-refractivity contribution in [3.05, 3.63) is 0 Å². The first-order valence-electron chi connectivity index (χ1n) is 4.82. The number of hydrogen-bond acceptors (Lipinski definition) is 2. The van der Waals surface area contributed by atoms with Crippen LogP contribution in [0.1, 0.15) is 33.1 Å². The summed E-state index contributed by atoms with van der Waals surface area (Å²) in [7, 11) is 0. The Kier molecular flexibility index (Phi) is 3.30. The lowest BCUT2D eigenvalue weighted by molar-refractivity contribution is -0.123. The SMILES string of the molecule is CC(C#N)CC(=O)NC1CCC1C. The fraction of sp³-hybridized carbons (Fsp3) is 0.800. The van der Waals surface area contributed by atoms with Crippen LogP contribution in [-0.2, 0) is 4.79 Å². The third kappa shape index (κ3) is 2.73. The maximum absolute atomic E-state index is 11.3. The molecule has 1 aliphatic rings. The Labute approximate surface area is 79.1 Å². The Bertz CT molecular complexity index is 232. The zero-order chi connectivity index (χ0) is 9.84. The molecule has 1 N–H and O–H groups in total. The number of nitriles is 1. The minimum Gasteiger partial charge on any atom is -0.353 e. The zero-order valence-electron chi connectivity index (χ0n) is 8.21. The van der Waals surface area contributed by atoms with E-state index in [9.17, 15) is 4.79 Å². The fourth-order valence-corrected chi connectivity index (χ4v) is 1.47. The molecule has 0 radical (unpaired) electrons. The Morgan fingerprint density at radius 2 is 2.38 bits per heavy atom. The number of hydrogen-bond donors (Lipinski definition) is 1. The predicted molar refractivity (Wildman–Crippen MR) is 49.7 cm³/mol. The third-order valence-electron chi connectivity index (χ3n) is 2.68. The van der Waals surface area contributed by atoms with Gasteiger partial charge in [0.05, 0.1) is 12.0 Å². The van der Waals surface area contributed by atoms with Crippen LogP contribution in [0.15, 0.2) is 0 Å². The van der Waals surface area contributed by atoms with Gasteiger partial charge in [0.15, 0.2) is 0 Å². The van der Waals surface area contributed by atoms with Gasteiger partial charge in [-0.2, -0.15) is 5.26 Å². The van der Waals surface area contributed by atoms with E-state index in [1.807, 2.05) is 0 Å². The molecule has 0 saturated heterocycles. The molecule has 0 bridgehead atoms. The van der Waals surface area contributed by atoms with E-state index in [0.29, 0.717) is 18.4 Å². The molecule has 0 spiro atoms. The largest absolute Gasteiger partial charge is 0.353 e. The summed E-state index contributed by atoms with van der Waals surface area (Å²) >= 11 is 0. The molecule has 3 nitrogen and oxygen atoms in total. The molecular weight excluding hydrogens is 164 g/mol. The number of carbonyl (C=O) groups excluding carboxylic acids is 1. The first-order chi connectivity index (χ1) is 6.13. The Balaban J connectivity index is 2.22. The summed E-state index contributed by atoms with van der Waals surface area (Å²) in [6, 6.07) is 2.42. The first-order valence-corrected chi connectivity index (χ1v) is 4.82. The van der Waals surface area contributed by atoms with Crippen LogP contribution in [0.3, 0.4) is 0 Å². The number of amides is 1. The predicted octanol–water partition coefficient (Wildman–Crippen LogP) is 1.45. The van der Waals surface area contributed by atoms with Crippen LogP contribution in [0.5, 0.6) is 0 Å². The van der Waals surface area contributed by atoms with Crippen LogP contribution in [0.4, 0.5) is 0 Å². The molecule has 3 unspecified atom stereocenters. The number of rotatable bonds is 3. The highest BCUT2D eigenvalue weighted by Gasteiger charge is 2.27.